The molecule has 2 aromatic carbocycles. The molecule has 0 unspecified atom stereocenters. The van der Waals surface area contributed by atoms with Gasteiger partial charge in [0.15, 0.2) is 0 Å². The summed E-state index contributed by atoms with van der Waals surface area (Å²) in [5, 5.41) is 2.78. The number of anilines is 1. The Morgan fingerprint density at radius 1 is 1.00 bits per heavy atom. The first-order valence-electron chi connectivity index (χ1n) is 6.29. The Labute approximate surface area is 119 Å². The normalized spacial score (nSPS) is 11.5. The molecular formula is C15H14F4N2. The maximum Gasteiger partial charge on any atom is 0.416 e. The minimum Gasteiger partial charge on any atom is -0.379 e. The van der Waals surface area contributed by atoms with Crippen molar-refractivity contribution in [2.45, 2.75) is 19.3 Å². The predicted molar refractivity (Wildman–Crippen MR) is 73.1 cm³/mol. The summed E-state index contributed by atoms with van der Waals surface area (Å²) in [5.74, 6) is -0.935. The monoisotopic (exact) mass is 298 g/mol. The average molecular weight is 298 g/mol. The van der Waals surface area contributed by atoms with Crippen molar-refractivity contribution in [2.75, 3.05) is 5.32 Å². The lowest BCUT2D eigenvalue weighted by molar-refractivity contribution is -0.137. The molecule has 0 saturated carbocycles. The Hall–Kier alpha value is -2.08. The van der Waals surface area contributed by atoms with E-state index < -0.39 is 17.6 Å². The third-order valence-corrected chi connectivity index (χ3v) is 3.10. The number of alkyl halides is 3. The zero-order valence-corrected chi connectivity index (χ0v) is 11.0. The van der Waals surface area contributed by atoms with Crippen LogP contribution in [0.25, 0.3) is 0 Å². The molecule has 0 amide bonds. The Balaban J connectivity index is 2.14. The molecule has 0 atom stereocenters. The quantitative estimate of drug-likeness (QED) is 0.840. The second-order valence-corrected chi connectivity index (χ2v) is 4.52. The van der Waals surface area contributed by atoms with Gasteiger partial charge in [0, 0.05) is 13.1 Å². The van der Waals surface area contributed by atoms with Crippen molar-refractivity contribution in [3.63, 3.8) is 0 Å². The van der Waals surface area contributed by atoms with E-state index in [0.29, 0.717) is 12.6 Å². The molecule has 2 aromatic rings. The largest absolute Gasteiger partial charge is 0.416 e. The Morgan fingerprint density at radius 2 is 1.67 bits per heavy atom. The van der Waals surface area contributed by atoms with Crippen molar-refractivity contribution in [3.8, 4) is 0 Å². The van der Waals surface area contributed by atoms with Gasteiger partial charge < -0.3 is 11.1 Å². The molecule has 0 bridgehead atoms. The van der Waals surface area contributed by atoms with Gasteiger partial charge in [-0.3, -0.25) is 0 Å². The van der Waals surface area contributed by atoms with Crippen molar-refractivity contribution in [1.29, 1.82) is 0 Å². The van der Waals surface area contributed by atoms with E-state index in [4.69, 9.17) is 5.73 Å². The summed E-state index contributed by atoms with van der Waals surface area (Å²) < 4.78 is 51.0. The number of benzene rings is 2. The molecule has 0 saturated heterocycles. The van der Waals surface area contributed by atoms with Gasteiger partial charge >= 0.3 is 6.18 Å². The van der Waals surface area contributed by atoms with Crippen LogP contribution in [-0.2, 0) is 19.3 Å². The second kappa shape index (κ2) is 6.13. The van der Waals surface area contributed by atoms with Crippen LogP contribution in [0.4, 0.5) is 23.2 Å². The molecule has 6 heteroatoms. The number of rotatable bonds is 4. The SMILES string of the molecule is NCc1ccccc1CNc1ccc(C(F)(F)F)cc1F. The minimum absolute atomic E-state index is 0.0230. The number of hydrogen-bond donors (Lipinski definition) is 2. The molecule has 0 aliphatic heterocycles. The Morgan fingerprint density at radius 3 is 2.24 bits per heavy atom. The first-order chi connectivity index (χ1) is 9.91. The van der Waals surface area contributed by atoms with Crippen LogP contribution < -0.4 is 11.1 Å². The summed E-state index contributed by atoms with van der Waals surface area (Å²) in [5.41, 5.74) is 6.38. The van der Waals surface area contributed by atoms with Gasteiger partial charge in [-0.2, -0.15) is 13.2 Å². The zero-order valence-electron chi connectivity index (χ0n) is 11.0. The molecular weight excluding hydrogens is 284 g/mol. The van der Waals surface area contributed by atoms with E-state index >= 15 is 0 Å². The van der Waals surface area contributed by atoms with Crippen LogP contribution in [0.2, 0.25) is 0 Å². The average Bonchev–Trinajstić information content (AvgIpc) is 2.45. The van der Waals surface area contributed by atoms with Crippen molar-refractivity contribution in [3.05, 3.63) is 65.0 Å². The third kappa shape index (κ3) is 3.72. The summed E-state index contributed by atoms with van der Waals surface area (Å²) in [6, 6.07) is 9.75. The molecule has 0 aromatic heterocycles. The number of hydrogen-bond acceptors (Lipinski definition) is 2. The molecule has 2 rings (SSSR count). The number of nitrogens with two attached hydrogens (primary N) is 1. The fourth-order valence-corrected chi connectivity index (χ4v) is 1.95. The van der Waals surface area contributed by atoms with Crippen LogP contribution in [0.1, 0.15) is 16.7 Å². The van der Waals surface area contributed by atoms with E-state index in [1.165, 1.54) is 0 Å². The number of nitrogens with one attached hydrogen (secondary N) is 1. The topological polar surface area (TPSA) is 38.0 Å². The molecule has 0 fully saturated rings. The molecule has 2 nitrogen and oxygen atoms in total. The van der Waals surface area contributed by atoms with E-state index in [2.05, 4.69) is 5.32 Å². The number of halogens is 4. The lowest BCUT2D eigenvalue weighted by Gasteiger charge is -2.12. The smallest absolute Gasteiger partial charge is 0.379 e. The molecule has 3 N–H and O–H groups in total. The van der Waals surface area contributed by atoms with Gasteiger partial charge in [0.05, 0.1) is 11.3 Å². The van der Waals surface area contributed by atoms with E-state index in [1.54, 1.807) is 0 Å². The first-order valence-corrected chi connectivity index (χ1v) is 6.29. The van der Waals surface area contributed by atoms with Gasteiger partial charge in [-0.1, -0.05) is 24.3 Å². The zero-order chi connectivity index (χ0) is 15.5. The molecule has 0 spiro atoms. The maximum atomic E-state index is 13.7. The fraction of sp³-hybridized carbons (Fsp3) is 0.200. The van der Waals surface area contributed by atoms with Crippen molar-refractivity contribution in [2.24, 2.45) is 5.73 Å². The van der Waals surface area contributed by atoms with Crippen LogP contribution in [0.5, 0.6) is 0 Å². The van der Waals surface area contributed by atoms with Gasteiger partial charge in [-0.05, 0) is 29.3 Å². The van der Waals surface area contributed by atoms with E-state index in [0.717, 1.165) is 23.3 Å². The van der Waals surface area contributed by atoms with E-state index in [9.17, 15) is 17.6 Å². The van der Waals surface area contributed by atoms with Gasteiger partial charge in [0.2, 0.25) is 0 Å². The van der Waals surface area contributed by atoms with Crippen molar-refractivity contribution < 1.29 is 17.6 Å². The van der Waals surface area contributed by atoms with Gasteiger partial charge in [0.1, 0.15) is 5.82 Å². The molecule has 21 heavy (non-hydrogen) atoms. The lowest BCUT2D eigenvalue weighted by atomic mass is 10.1. The fourth-order valence-electron chi connectivity index (χ4n) is 1.95. The summed E-state index contributed by atoms with van der Waals surface area (Å²) >= 11 is 0. The molecule has 0 aliphatic carbocycles. The van der Waals surface area contributed by atoms with Gasteiger partial charge in [-0.15, -0.1) is 0 Å². The second-order valence-electron chi connectivity index (χ2n) is 4.52. The highest BCUT2D eigenvalue weighted by Gasteiger charge is 2.31. The standard InChI is InChI=1S/C15H14F4N2/c16-13-7-12(15(17,18)19)5-6-14(13)21-9-11-4-2-1-3-10(11)8-20/h1-7,21H,8-9,20H2. The highest BCUT2D eigenvalue weighted by molar-refractivity contribution is 5.47. The van der Waals surface area contributed by atoms with Crippen LogP contribution in [0.15, 0.2) is 42.5 Å². The summed E-state index contributed by atoms with van der Waals surface area (Å²) in [7, 11) is 0. The lowest BCUT2D eigenvalue weighted by Crippen LogP contribution is -2.09. The minimum atomic E-state index is -4.55. The van der Waals surface area contributed by atoms with Crippen LogP contribution in [0, 0.1) is 5.82 Å². The van der Waals surface area contributed by atoms with Gasteiger partial charge in [-0.25, -0.2) is 4.39 Å². The summed E-state index contributed by atoms with van der Waals surface area (Å²) in [6.07, 6.45) is -4.55. The molecule has 0 radical (unpaired) electrons. The van der Waals surface area contributed by atoms with Crippen molar-refractivity contribution >= 4 is 5.69 Å². The Bertz CT molecular complexity index is 623. The molecule has 0 heterocycles. The molecule has 0 aliphatic rings. The maximum absolute atomic E-state index is 13.7. The molecule has 112 valence electrons. The highest BCUT2D eigenvalue weighted by atomic mass is 19.4. The van der Waals surface area contributed by atoms with Gasteiger partial charge in [0.25, 0.3) is 0 Å². The Kier molecular flexibility index (Phi) is 4.47. The first kappa shape index (κ1) is 15.3. The third-order valence-electron chi connectivity index (χ3n) is 3.10. The van der Waals surface area contributed by atoms with Crippen LogP contribution in [-0.4, -0.2) is 0 Å². The predicted octanol–water partition coefficient (Wildman–Crippen LogP) is 3.92. The van der Waals surface area contributed by atoms with E-state index in [-0.39, 0.29) is 12.2 Å². The summed E-state index contributed by atoms with van der Waals surface area (Å²) in [6.45, 7) is 0.628. The van der Waals surface area contributed by atoms with E-state index in [1.807, 2.05) is 24.3 Å². The van der Waals surface area contributed by atoms with Crippen LogP contribution >= 0.6 is 0 Å². The van der Waals surface area contributed by atoms with Crippen LogP contribution in [0.3, 0.4) is 0 Å². The van der Waals surface area contributed by atoms with Crippen molar-refractivity contribution in [1.82, 2.24) is 0 Å². The summed E-state index contributed by atoms with van der Waals surface area (Å²) in [4.78, 5) is 0. The highest BCUT2D eigenvalue weighted by Crippen LogP contribution is 2.31.